The molecular formula is C18H17ClN2O2. The molecule has 1 amide bonds. The molecule has 2 unspecified atom stereocenters. The number of aromatic amines is 1. The molecule has 3 rings (SSSR count). The molecule has 5 heteroatoms. The van der Waals surface area contributed by atoms with Crippen molar-refractivity contribution in [2.45, 2.75) is 19.1 Å². The highest BCUT2D eigenvalue weighted by Gasteiger charge is 2.20. The minimum Gasteiger partial charge on any atom is -0.386 e. The lowest BCUT2D eigenvalue weighted by molar-refractivity contribution is 0.0853. The first kappa shape index (κ1) is 15.6. The Morgan fingerprint density at radius 1 is 1.17 bits per heavy atom. The van der Waals surface area contributed by atoms with Gasteiger partial charge in [-0.15, -0.1) is 0 Å². The minimum absolute atomic E-state index is 0.224. The first-order valence-corrected chi connectivity index (χ1v) is 7.74. The van der Waals surface area contributed by atoms with Gasteiger partial charge in [0, 0.05) is 16.6 Å². The van der Waals surface area contributed by atoms with E-state index in [1.807, 2.05) is 18.2 Å². The molecule has 0 aliphatic rings. The van der Waals surface area contributed by atoms with Gasteiger partial charge in [0.2, 0.25) is 0 Å². The summed E-state index contributed by atoms with van der Waals surface area (Å²) in [5, 5.41) is 14.8. The maximum Gasteiger partial charge on any atom is 0.253 e. The number of nitrogens with one attached hydrogen (secondary N) is 2. The second-order valence-electron chi connectivity index (χ2n) is 5.51. The second-order valence-corrected chi connectivity index (χ2v) is 5.94. The van der Waals surface area contributed by atoms with Crippen LogP contribution in [0.3, 0.4) is 0 Å². The van der Waals surface area contributed by atoms with E-state index in [1.165, 1.54) is 0 Å². The number of benzene rings is 2. The molecule has 0 bridgehead atoms. The number of carbonyl (C=O) groups is 1. The molecule has 0 aliphatic heterocycles. The zero-order valence-electron chi connectivity index (χ0n) is 12.6. The summed E-state index contributed by atoms with van der Waals surface area (Å²) in [5.41, 5.74) is 2.06. The summed E-state index contributed by atoms with van der Waals surface area (Å²) in [6.45, 7) is 1.77. The Kier molecular flexibility index (Phi) is 4.37. The van der Waals surface area contributed by atoms with E-state index >= 15 is 0 Å². The summed E-state index contributed by atoms with van der Waals surface area (Å²) in [7, 11) is 0. The SMILES string of the molecule is CC(NC(=O)c1cccc2cc[nH]c12)C(O)c1ccc(Cl)cc1. The van der Waals surface area contributed by atoms with Crippen molar-refractivity contribution in [1.82, 2.24) is 10.3 Å². The van der Waals surface area contributed by atoms with Gasteiger partial charge in [-0.3, -0.25) is 4.79 Å². The van der Waals surface area contributed by atoms with E-state index in [0.29, 0.717) is 16.1 Å². The van der Waals surface area contributed by atoms with Gasteiger partial charge in [-0.05, 0) is 36.8 Å². The fraction of sp³-hybridized carbons (Fsp3) is 0.167. The Labute approximate surface area is 139 Å². The number of aliphatic hydroxyl groups excluding tert-OH is 1. The summed E-state index contributed by atoms with van der Waals surface area (Å²) >= 11 is 5.85. The number of para-hydroxylation sites is 1. The largest absolute Gasteiger partial charge is 0.386 e. The molecule has 2 atom stereocenters. The van der Waals surface area contributed by atoms with Crippen LogP contribution < -0.4 is 5.32 Å². The minimum atomic E-state index is -0.806. The van der Waals surface area contributed by atoms with Gasteiger partial charge < -0.3 is 15.4 Å². The average Bonchev–Trinajstić information content (AvgIpc) is 3.03. The van der Waals surface area contributed by atoms with Crippen LogP contribution in [0.25, 0.3) is 10.9 Å². The summed E-state index contributed by atoms with van der Waals surface area (Å²) in [6, 6.07) is 14.0. The van der Waals surface area contributed by atoms with E-state index in [0.717, 1.165) is 10.9 Å². The third-order valence-corrected chi connectivity index (χ3v) is 4.13. The zero-order valence-corrected chi connectivity index (χ0v) is 13.3. The van der Waals surface area contributed by atoms with E-state index in [4.69, 9.17) is 11.6 Å². The van der Waals surface area contributed by atoms with Crippen LogP contribution in [0.2, 0.25) is 5.02 Å². The van der Waals surface area contributed by atoms with Gasteiger partial charge in [-0.2, -0.15) is 0 Å². The molecule has 3 N–H and O–H groups in total. The topological polar surface area (TPSA) is 65.1 Å². The van der Waals surface area contributed by atoms with E-state index in [2.05, 4.69) is 10.3 Å². The highest BCUT2D eigenvalue weighted by Crippen LogP contribution is 2.21. The molecule has 1 heterocycles. The standard InChI is InChI=1S/C18H17ClN2O2/c1-11(17(22)13-5-7-14(19)8-6-13)21-18(23)15-4-2-3-12-9-10-20-16(12)15/h2-11,17,20,22H,1H3,(H,21,23). The van der Waals surface area contributed by atoms with E-state index in [9.17, 15) is 9.90 Å². The Morgan fingerprint density at radius 2 is 1.91 bits per heavy atom. The number of hydrogen-bond donors (Lipinski definition) is 3. The van der Waals surface area contributed by atoms with Crippen molar-refractivity contribution in [2.75, 3.05) is 0 Å². The Morgan fingerprint density at radius 3 is 2.65 bits per heavy atom. The van der Waals surface area contributed by atoms with Gasteiger partial charge in [0.15, 0.2) is 0 Å². The molecule has 1 aromatic heterocycles. The normalized spacial score (nSPS) is 13.7. The number of aromatic nitrogens is 1. The number of carbonyl (C=O) groups excluding carboxylic acids is 1. The summed E-state index contributed by atoms with van der Waals surface area (Å²) in [4.78, 5) is 15.6. The maximum absolute atomic E-state index is 12.5. The number of rotatable bonds is 4. The highest BCUT2D eigenvalue weighted by atomic mass is 35.5. The molecule has 0 saturated heterocycles. The lowest BCUT2D eigenvalue weighted by Crippen LogP contribution is -2.37. The van der Waals surface area contributed by atoms with Gasteiger partial charge in [0.25, 0.3) is 5.91 Å². The fourth-order valence-electron chi connectivity index (χ4n) is 2.59. The number of H-pyrrole nitrogens is 1. The van der Waals surface area contributed by atoms with E-state index in [1.54, 1.807) is 43.5 Å². The first-order valence-electron chi connectivity index (χ1n) is 7.37. The van der Waals surface area contributed by atoms with Crippen molar-refractivity contribution in [1.29, 1.82) is 0 Å². The lowest BCUT2D eigenvalue weighted by Gasteiger charge is -2.21. The zero-order chi connectivity index (χ0) is 16.4. The van der Waals surface area contributed by atoms with Gasteiger partial charge in [0.05, 0.1) is 23.2 Å². The number of amides is 1. The van der Waals surface area contributed by atoms with E-state index in [-0.39, 0.29) is 5.91 Å². The summed E-state index contributed by atoms with van der Waals surface area (Å²) < 4.78 is 0. The molecule has 0 spiro atoms. The van der Waals surface area contributed by atoms with Gasteiger partial charge in [-0.1, -0.05) is 35.9 Å². The quantitative estimate of drug-likeness (QED) is 0.684. The van der Waals surface area contributed by atoms with Crippen molar-refractivity contribution in [3.8, 4) is 0 Å². The molecular weight excluding hydrogens is 312 g/mol. The first-order chi connectivity index (χ1) is 11.1. The Hall–Kier alpha value is -2.30. The molecule has 118 valence electrons. The molecule has 4 nitrogen and oxygen atoms in total. The van der Waals surface area contributed by atoms with E-state index < -0.39 is 12.1 Å². The summed E-state index contributed by atoms with van der Waals surface area (Å²) in [5.74, 6) is -0.224. The molecule has 0 radical (unpaired) electrons. The van der Waals surface area contributed by atoms with Crippen molar-refractivity contribution >= 4 is 28.4 Å². The van der Waals surface area contributed by atoms with Crippen molar-refractivity contribution < 1.29 is 9.90 Å². The fourth-order valence-corrected chi connectivity index (χ4v) is 2.71. The van der Waals surface area contributed by atoms with Gasteiger partial charge >= 0.3 is 0 Å². The van der Waals surface area contributed by atoms with Crippen LogP contribution in [0.4, 0.5) is 0 Å². The van der Waals surface area contributed by atoms with Crippen molar-refractivity contribution in [2.24, 2.45) is 0 Å². The smallest absolute Gasteiger partial charge is 0.253 e. The predicted molar refractivity (Wildman–Crippen MR) is 91.6 cm³/mol. The number of halogens is 1. The third-order valence-electron chi connectivity index (χ3n) is 3.88. The summed E-state index contributed by atoms with van der Waals surface area (Å²) in [6.07, 6.45) is 0.993. The lowest BCUT2D eigenvalue weighted by atomic mass is 10.0. The third kappa shape index (κ3) is 3.23. The van der Waals surface area contributed by atoms with Crippen LogP contribution in [0.15, 0.2) is 54.7 Å². The molecule has 3 aromatic rings. The van der Waals surface area contributed by atoms with Crippen molar-refractivity contribution in [3.05, 3.63) is 70.9 Å². The number of fused-ring (bicyclic) bond motifs is 1. The monoisotopic (exact) mass is 328 g/mol. The molecule has 0 saturated carbocycles. The molecule has 2 aromatic carbocycles. The van der Waals surface area contributed by atoms with Crippen LogP contribution >= 0.6 is 11.6 Å². The Balaban J connectivity index is 1.76. The van der Waals surface area contributed by atoms with Gasteiger partial charge in [0.1, 0.15) is 0 Å². The molecule has 23 heavy (non-hydrogen) atoms. The van der Waals surface area contributed by atoms with Crippen LogP contribution in [-0.2, 0) is 0 Å². The molecule has 0 aliphatic carbocycles. The number of hydrogen-bond acceptors (Lipinski definition) is 2. The van der Waals surface area contributed by atoms with Crippen LogP contribution in [0, 0.1) is 0 Å². The predicted octanol–water partition coefficient (Wildman–Crippen LogP) is 3.67. The average molecular weight is 329 g/mol. The number of aliphatic hydroxyl groups is 1. The van der Waals surface area contributed by atoms with Crippen molar-refractivity contribution in [3.63, 3.8) is 0 Å². The van der Waals surface area contributed by atoms with Gasteiger partial charge in [-0.25, -0.2) is 0 Å². The maximum atomic E-state index is 12.5. The van der Waals surface area contributed by atoms with Crippen LogP contribution in [0.1, 0.15) is 28.9 Å². The Bertz CT molecular complexity index is 826. The highest BCUT2D eigenvalue weighted by molar-refractivity contribution is 6.30. The van der Waals surface area contributed by atoms with Crippen LogP contribution in [0.5, 0.6) is 0 Å². The molecule has 0 fully saturated rings. The van der Waals surface area contributed by atoms with Crippen LogP contribution in [-0.4, -0.2) is 22.0 Å². The second kappa shape index (κ2) is 6.44.